The second-order valence-electron chi connectivity index (χ2n) is 5.73. The van der Waals surface area contributed by atoms with Crippen LogP contribution in [0.1, 0.15) is 43.0 Å². The van der Waals surface area contributed by atoms with Crippen LogP contribution in [0.3, 0.4) is 0 Å². The van der Waals surface area contributed by atoms with Gasteiger partial charge in [0.15, 0.2) is 0 Å². The lowest BCUT2D eigenvalue weighted by Crippen LogP contribution is -2.39. The molecule has 21 heavy (non-hydrogen) atoms. The summed E-state index contributed by atoms with van der Waals surface area (Å²) in [6, 6.07) is 5.64. The van der Waals surface area contributed by atoms with E-state index in [-0.39, 0.29) is 5.91 Å². The zero-order valence-electron chi connectivity index (χ0n) is 12.6. The van der Waals surface area contributed by atoms with Crippen LogP contribution in [0.2, 0.25) is 5.02 Å². The molecular weight excluding hydrogens is 286 g/mol. The van der Waals surface area contributed by atoms with Gasteiger partial charge in [-0.25, -0.2) is 0 Å². The number of benzene rings is 1. The normalized spacial score (nSPS) is 19.4. The molecule has 0 spiro atoms. The van der Waals surface area contributed by atoms with E-state index in [2.05, 4.69) is 17.1 Å². The molecule has 0 bridgehead atoms. The van der Waals surface area contributed by atoms with Gasteiger partial charge in [-0.2, -0.15) is 0 Å². The number of nitrogens with one attached hydrogen (secondary N) is 1. The first kappa shape index (κ1) is 16.1. The number of hydrogen-bond donors (Lipinski definition) is 2. The third kappa shape index (κ3) is 4.61. The van der Waals surface area contributed by atoms with Crippen molar-refractivity contribution in [2.24, 2.45) is 0 Å². The van der Waals surface area contributed by atoms with Gasteiger partial charge < -0.3 is 16.0 Å². The van der Waals surface area contributed by atoms with Gasteiger partial charge in [-0.05, 0) is 50.9 Å². The van der Waals surface area contributed by atoms with Crippen LogP contribution in [0.25, 0.3) is 0 Å². The fraction of sp³-hybridized carbons (Fsp3) is 0.562. The van der Waals surface area contributed by atoms with Gasteiger partial charge >= 0.3 is 0 Å². The van der Waals surface area contributed by atoms with E-state index in [1.807, 2.05) is 0 Å². The Kier molecular flexibility index (Phi) is 5.88. The number of carbonyl (C=O) groups excluding carboxylic acids is 1. The first-order valence-corrected chi connectivity index (χ1v) is 8.03. The Balaban J connectivity index is 1.72. The van der Waals surface area contributed by atoms with Gasteiger partial charge in [0.05, 0.1) is 10.7 Å². The number of anilines is 1. The fourth-order valence-electron chi connectivity index (χ4n) is 2.74. The van der Waals surface area contributed by atoms with Crippen molar-refractivity contribution in [2.75, 3.05) is 25.4 Å². The first-order valence-electron chi connectivity index (χ1n) is 7.65. The smallest absolute Gasteiger partial charge is 0.251 e. The molecule has 0 radical (unpaired) electrons. The maximum Gasteiger partial charge on any atom is 0.251 e. The van der Waals surface area contributed by atoms with Gasteiger partial charge in [0.2, 0.25) is 0 Å². The predicted molar refractivity (Wildman–Crippen MR) is 87.7 cm³/mol. The Morgan fingerprint density at radius 3 is 3.00 bits per heavy atom. The van der Waals surface area contributed by atoms with Crippen molar-refractivity contribution in [1.29, 1.82) is 0 Å². The van der Waals surface area contributed by atoms with Gasteiger partial charge in [0.25, 0.3) is 5.91 Å². The largest absolute Gasteiger partial charge is 0.398 e. The van der Waals surface area contributed by atoms with E-state index in [1.54, 1.807) is 18.2 Å². The summed E-state index contributed by atoms with van der Waals surface area (Å²) in [6.45, 7) is 5.20. The summed E-state index contributed by atoms with van der Waals surface area (Å²) in [5.74, 6) is -0.0939. The molecule has 4 nitrogen and oxygen atoms in total. The number of nitrogens with two attached hydrogens (primary N) is 1. The molecule has 1 heterocycles. The van der Waals surface area contributed by atoms with E-state index in [0.29, 0.717) is 28.9 Å². The molecule has 1 aliphatic rings. The standard InChI is InChI=1S/C16H24ClN3O/c1-12-5-2-3-9-20(12)10-4-8-19-16(21)13-6-7-15(18)14(17)11-13/h6-7,11-12H,2-5,8-10,18H2,1H3,(H,19,21). The summed E-state index contributed by atoms with van der Waals surface area (Å²) < 4.78 is 0. The second kappa shape index (κ2) is 7.66. The number of piperidine rings is 1. The van der Waals surface area contributed by atoms with E-state index in [1.165, 1.54) is 25.8 Å². The number of nitrogen functional groups attached to an aromatic ring is 1. The predicted octanol–water partition coefficient (Wildman–Crippen LogP) is 2.92. The zero-order valence-corrected chi connectivity index (χ0v) is 13.3. The summed E-state index contributed by atoms with van der Waals surface area (Å²) in [7, 11) is 0. The van der Waals surface area contributed by atoms with Gasteiger partial charge in [0.1, 0.15) is 0 Å². The number of halogens is 1. The van der Waals surface area contributed by atoms with Crippen LogP contribution in [-0.4, -0.2) is 36.5 Å². The molecule has 0 saturated carbocycles. The van der Waals surface area contributed by atoms with Gasteiger partial charge in [0, 0.05) is 24.7 Å². The van der Waals surface area contributed by atoms with Crippen molar-refractivity contribution in [3.8, 4) is 0 Å². The summed E-state index contributed by atoms with van der Waals surface area (Å²) in [6.07, 6.45) is 4.89. The second-order valence-corrected chi connectivity index (χ2v) is 6.13. The maximum atomic E-state index is 12.0. The van der Waals surface area contributed by atoms with E-state index < -0.39 is 0 Å². The summed E-state index contributed by atoms with van der Waals surface area (Å²) in [5.41, 5.74) is 6.69. The number of carbonyl (C=O) groups is 1. The van der Waals surface area contributed by atoms with Gasteiger partial charge in [-0.3, -0.25) is 4.79 Å². The van der Waals surface area contributed by atoms with Gasteiger partial charge in [-0.15, -0.1) is 0 Å². The molecule has 1 aromatic carbocycles. The van der Waals surface area contributed by atoms with Crippen LogP contribution < -0.4 is 11.1 Å². The minimum Gasteiger partial charge on any atom is -0.398 e. The molecule has 0 aliphatic carbocycles. The summed E-state index contributed by atoms with van der Waals surface area (Å²) >= 11 is 5.93. The highest BCUT2D eigenvalue weighted by Gasteiger charge is 2.17. The quantitative estimate of drug-likeness (QED) is 0.649. The number of nitrogens with zero attached hydrogens (tertiary/aromatic N) is 1. The summed E-state index contributed by atoms with van der Waals surface area (Å²) in [5, 5.41) is 3.36. The minimum absolute atomic E-state index is 0.0939. The molecule has 1 amide bonds. The minimum atomic E-state index is -0.0939. The average molecular weight is 310 g/mol. The molecule has 3 N–H and O–H groups in total. The third-order valence-electron chi connectivity index (χ3n) is 4.11. The molecule has 116 valence electrons. The number of likely N-dealkylation sites (tertiary alicyclic amines) is 1. The molecule has 1 fully saturated rings. The molecule has 1 atom stereocenters. The van der Waals surface area contributed by atoms with Crippen molar-refractivity contribution < 1.29 is 4.79 Å². The lowest BCUT2D eigenvalue weighted by atomic mass is 10.0. The Labute approximate surface area is 131 Å². The van der Waals surface area contributed by atoms with Crippen LogP contribution in [0.4, 0.5) is 5.69 Å². The van der Waals surface area contributed by atoms with Crippen LogP contribution in [-0.2, 0) is 0 Å². The van der Waals surface area contributed by atoms with Crippen molar-refractivity contribution in [2.45, 2.75) is 38.6 Å². The SMILES string of the molecule is CC1CCCCN1CCCNC(=O)c1ccc(N)c(Cl)c1. The molecule has 0 aromatic heterocycles. The van der Waals surface area contributed by atoms with Crippen LogP contribution in [0.5, 0.6) is 0 Å². The Bertz CT molecular complexity index is 492. The van der Waals surface area contributed by atoms with E-state index in [0.717, 1.165) is 13.0 Å². The Morgan fingerprint density at radius 2 is 2.29 bits per heavy atom. The fourth-order valence-corrected chi connectivity index (χ4v) is 2.92. The Hall–Kier alpha value is -1.26. The maximum absolute atomic E-state index is 12.0. The van der Waals surface area contributed by atoms with Crippen LogP contribution >= 0.6 is 11.6 Å². The third-order valence-corrected chi connectivity index (χ3v) is 4.44. The molecule has 2 rings (SSSR count). The number of amides is 1. The van der Waals surface area contributed by atoms with E-state index in [4.69, 9.17) is 17.3 Å². The molecule has 1 unspecified atom stereocenters. The topological polar surface area (TPSA) is 58.4 Å². The highest BCUT2D eigenvalue weighted by molar-refractivity contribution is 6.33. The van der Waals surface area contributed by atoms with Gasteiger partial charge in [-0.1, -0.05) is 18.0 Å². The molecule has 5 heteroatoms. The Morgan fingerprint density at radius 1 is 1.48 bits per heavy atom. The first-order chi connectivity index (χ1) is 10.1. The average Bonchev–Trinajstić information content (AvgIpc) is 2.48. The molecule has 1 aromatic rings. The summed E-state index contributed by atoms with van der Waals surface area (Å²) in [4.78, 5) is 14.5. The number of rotatable bonds is 5. The van der Waals surface area contributed by atoms with Crippen molar-refractivity contribution in [3.05, 3.63) is 28.8 Å². The zero-order chi connectivity index (χ0) is 15.2. The molecule has 1 saturated heterocycles. The number of hydrogen-bond acceptors (Lipinski definition) is 3. The van der Waals surface area contributed by atoms with Crippen LogP contribution in [0, 0.1) is 0 Å². The lowest BCUT2D eigenvalue weighted by molar-refractivity contribution is 0.0949. The molecule has 1 aliphatic heterocycles. The van der Waals surface area contributed by atoms with E-state index in [9.17, 15) is 4.79 Å². The lowest BCUT2D eigenvalue weighted by Gasteiger charge is -2.33. The highest BCUT2D eigenvalue weighted by Crippen LogP contribution is 2.19. The van der Waals surface area contributed by atoms with Crippen molar-refractivity contribution in [3.63, 3.8) is 0 Å². The highest BCUT2D eigenvalue weighted by atomic mass is 35.5. The van der Waals surface area contributed by atoms with E-state index >= 15 is 0 Å². The monoisotopic (exact) mass is 309 g/mol. The van der Waals surface area contributed by atoms with Crippen molar-refractivity contribution >= 4 is 23.2 Å². The van der Waals surface area contributed by atoms with Crippen molar-refractivity contribution in [1.82, 2.24) is 10.2 Å². The molecular formula is C16H24ClN3O. The van der Waals surface area contributed by atoms with Crippen LogP contribution in [0.15, 0.2) is 18.2 Å².